The summed E-state index contributed by atoms with van der Waals surface area (Å²) in [4.78, 5) is 0. The van der Waals surface area contributed by atoms with Crippen molar-refractivity contribution in [1.29, 1.82) is 0 Å². The summed E-state index contributed by atoms with van der Waals surface area (Å²) in [7, 11) is 0. The monoisotopic (exact) mass is 532 g/mol. The molecule has 0 amide bonds. The van der Waals surface area contributed by atoms with Crippen LogP contribution in [0.4, 0.5) is 59.7 Å². The van der Waals surface area contributed by atoms with Crippen molar-refractivity contribution in [1.82, 2.24) is 0 Å². The van der Waals surface area contributed by atoms with Crippen LogP contribution in [0.3, 0.4) is 0 Å². The van der Waals surface area contributed by atoms with E-state index in [9.17, 15) is 48.3 Å². The van der Waals surface area contributed by atoms with Gasteiger partial charge in [-0.25, -0.2) is 8.78 Å². The first-order valence-corrected chi connectivity index (χ1v) is 9.27. The van der Waals surface area contributed by atoms with Crippen LogP contribution >= 0.6 is 0 Å². The Balaban J connectivity index is 2.03. The Kier molecular flexibility index (Phi) is 6.63. The van der Waals surface area contributed by atoms with Crippen molar-refractivity contribution in [2.24, 2.45) is 0 Å². The number of nitrogens with two attached hydrogens (primary N) is 2. The number of hydrogen-bond donors (Lipinski definition) is 2. The highest BCUT2D eigenvalue weighted by Crippen LogP contribution is 2.44. The molecule has 0 aliphatic rings. The zero-order valence-corrected chi connectivity index (χ0v) is 17.2. The van der Waals surface area contributed by atoms with E-state index < -0.39 is 81.2 Å². The molecule has 194 valence electrons. The number of rotatable bonds is 4. The zero-order chi connectivity index (χ0) is 27.2. The fraction of sp³-hybridized carbons (Fsp3) is 0.143. The number of nitrogen functional groups attached to an aromatic ring is 2. The zero-order valence-electron chi connectivity index (χ0n) is 17.2. The highest BCUT2D eigenvalue weighted by molar-refractivity contribution is 5.56. The molecule has 0 radical (unpaired) electrons. The SMILES string of the molecule is Nc1cc(Oc2ccc(C(F)(F)F)c(Oc3cc(N)c(C(F)(F)F)cc3F)c2)c(F)cc1C(F)(F)F. The van der Waals surface area contributed by atoms with E-state index in [2.05, 4.69) is 0 Å². The van der Waals surface area contributed by atoms with Crippen LogP contribution in [0.1, 0.15) is 16.7 Å². The van der Waals surface area contributed by atoms with E-state index >= 15 is 0 Å². The lowest BCUT2D eigenvalue weighted by atomic mass is 10.1. The minimum absolute atomic E-state index is 0.00647. The van der Waals surface area contributed by atoms with Crippen molar-refractivity contribution in [3.05, 3.63) is 70.8 Å². The van der Waals surface area contributed by atoms with Gasteiger partial charge in [-0.15, -0.1) is 0 Å². The van der Waals surface area contributed by atoms with Crippen LogP contribution in [-0.2, 0) is 18.5 Å². The summed E-state index contributed by atoms with van der Waals surface area (Å²) in [5.74, 6) is -7.13. The highest BCUT2D eigenvalue weighted by atomic mass is 19.4. The van der Waals surface area contributed by atoms with Gasteiger partial charge in [0.2, 0.25) is 0 Å². The Morgan fingerprint density at radius 3 is 1.33 bits per heavy atom. The molecule has 4 N–H and O–H groups in total. The summed E-state index contributed by atoms with van der Waals surface area (Å²) in [6.45, 7) is 0. The van der Waals surface area contributed by atoms with Crippen LogP contribution in [0, 0.1) is 11.6 Å². The van der Waals surface area contributed by atoms with Gasteiger partial charge in [-0.05, 0) is 24.3 Å². The van der Waals surface area contributed by atoms with Crippen molar-refractivity contribution in [3.8, 4) is 23.0 Å². The van der Waals surface area contributed by atoms with E-state index in [1.807, 2.05) is 0 Å². The lowest BCUT2D eigenvalue weighted by Crippen LogP contribution is -2.11. The van der Waals surface area contributed by atoms with Crippen molar-refractivity contribution in [3.63, 3.8) is 0 Å². The second-order valence-electron chi connectivity index (χ2n) is 7.10. The first kappa shape index (κ1) is 26.7. The van der Waals surface area contributed by atoms with Crippen molar-refractivity contribution < 1.29 is 57.8 Å². The van der Waals surface area contributed by atoms with Gasteiger partial charge in [0.1, 0.15) is 11.5 Å². The van der Waals surface area contributed by atoms with Crippen LogP contribution < -0.4 is 20.9 Å². The third-order valence-corrected chi connectivity index (χ3v) is 4.53. The molecule has 3 rings (SSSR count). The third-order valence-electron chi connectivity index (χ3n) is 4.53. The quantitative estimate of drug-likeness (QED) is 0.266. The van der Waals surface area contributed by atoms with E-state index in [1.54, 1.807) is 0 Å². The molecule has 0 saturated carbocycles. The molecule has 4 nitrogen and oxygen atoms in total. The Bertz CT molecular complexity index is 1300. The summed E-state index contributed by atoms with van der Waals surface area (Å²) in [5, 5.41) is 0. The number of hydrogen-bond acceptors (Lipinski definition) is 4. The lowest BCUT2D eigenvalue weighted by molar-refractivity contribution is -0.139. The lowest BCUT2D eigenvalue weighted by Gasteiger charge is -2.18. The minimum atomic E-state index is -5.12. The maximum Gasteiger partial charge on any atom is 0.419 e. The largest absolute Gasteiger partial charge is 0.454 e. The molecule has 0 aromatic heterocycles. The Labute approximate surface area is 193 Å². The predicted molar refractivity (Wildman–Crippen MR) is 103 cm³/mol. The Morgan fingerprint density at radius 1 is 0.500 bits per heavy atom. The van der Waals surface area contributed by atoms with E-state index in [0.717, 1.165) is 0 Å². The van der Waals surface area contributed by atoms with Crippen molar-refractivity contribution in [2.75, 3.05) is 11.5 Å². The maximum atomic E-state index is 14.2. The van der Waals surface area contributed by atoms with E-state index in [-0.39, 0.29) is 12.1 Å². The molecule has 3 aromatic carbocycles. The predicted octanol–water partition coefficient (Wildman–Crippen LogP) is 7.77. The molecule has 0 heterocycles. The smallest absolute Gasteiger partial charge is 0.419 e. The molecule has 3 aromatic rings. The van der Waals surface area contributed by atoms with Gasteiger partial charge in [-0.1, -0.05) is 0 Å². The average Bonchev–Trinajstić information content (AvgIpc) is 2.70. The molecular weight excluding hydrogens is 521 g/mol. The summed E-state index contributed by atoms with van der Waals surface area (Å²) < 4.78 is 156. The number of benzene rings is 3. The van der Waals surface area contributed by atoms with Gasteiger partial charge in [0.05, 0.1) is 16.7 Å². The normalized spacial score (nSPS) is 12.5. The van der Waals surface area contributed by atoms with Crippen molar-refractivity contribution in [2.45, 2.75) is 18.5 Å². The molecule has 0 fully saturated rings. The number of ether oxygens (including phenoxy) is 2. The van der Waals surface area contributed by atoms with E-state index in [0.29, 0.717) is 30.3 Å². The fourth-order valence-electron chi connectivity index (χ4n) is 2.92. The van der Waals surface area contributed by atoms with Crippen LogP contribution in [0.5, 0.6) is 23.0 Å². The molecule has 15 heteroatoms. The fourth-order valence-corrected chi connectivity index (χ4v) is 2.92. The number of anilines is 2. The summed E-state index contributed by atoms with van der Waals surface area (Å²) in [5.41, 5.74) is 3.78. The first-order chi connectivity index (χ1) is 16.4. The molecule has 0 bridgehead atoms. The van der Waals surface area contributed by atoms with Gasteiger partial charge in [0.15, 0.2) is 23.1 Å². The highest BCUT2D eigenvalue weighted by Gasteiger charge is 2.37. The topological polar surface area (TPSA) is 70.5 Å². The Morgan fingerprint density at radius 2 is 0.917 bits per heavy atom. The second-order valence-corrected chi connectivity index (χ2v) is 7.10. The average molecular weight is 532 g/mol. The molecule has 36 heavy (non-hydrogen) atoms. The van der Waals surface area contributed by atoms with Crippen LogP contribution in [0.15, 0.2) is 42.5 Å². The number of alkyl halides is 9. The standard InChI is InChI=1S/C21H11F11N2O2/c22-12-4-10(20(27,28)29)14(33)6-17(12)35-8-1-2-9(19(24,25)26)16(3-8)36-18-7-15(34)11(5-13(18)23)21(30,31)32/h1-7H,33-34H2. The minimum Gasteiger partial charge on any atom is -0.454 e. The molecule has 0 aliphatic heterocycles. The maximum absolute atomic E-state index is 14.2. The second kappa shape index (κ2) is 8.95. The molecule has 0 unspecified atom stereocenters. The first-order valence-electron chi connectivity index (χ1n) is 9.27. The molecular formula is C21H11F11N2O2. The molecule has 0 spiro atoms. The van der Waals surface area contributed by atoms with Gasteiger partial charge < -0.3 is 20.9 Å². The van der Waals surface area contributed by atoms with Crippen LogP contribution in [-0.4, -0.2) is 0 Å². The third kappa shape index (κ3) is 5.66. The van der Waals surface area contributed by atoms with Crippen molar-refractivity contribution >= 4 is 11.4 Å². The van der Waals surface area contributed by atoms with Gasteiger partial charge in [0.25, 0.3) is 0 Å². The Hall–Kier alpha value is -3.91. The summed E-state index contributed by atoms with van der Waals surface area (Å²) >= 11 is 0. The van der Waals surface area contributed by atoms with Gasteiger partial charge >= 0.3 is 18.5 Å². The molecule has 0 atom stereocenters. The van der Waals surface area contributed by atoms with Crippen LogP contribution in [0.25, 0.3) is 0 Å². The van der Waals surface area contributed by atoms with Gasteiger partial charge in [-0.2, -0.15) is 39.5 Å². The summed E-state index contributed by atoms with van der Waals surface area (Å²) in [6, 6.07) is 2.12. The van der Waals surface area contributed by atoms with Crippen LogP contribution in [0.2, 0.25) is 0 Å². The van der Waals surface area contributed by atoms with Gasteiger partial charge in [-0.3, -0.25) is 0 Å². The van der Waals surface area contributed by atoms with E-state index in [4.69, 9.17) is 20.9 Å². The molecule has 0 aliphatic carbocycles. The molecule has 0 saturated heterocycles. The number of halogens is 11. The summed E-state index contributed by atoms with van der Waals surface area (Å²) in [6.07, 6.45) is -15.2. The van der Waals surface area contributed by atoms with E-state index in [1.165, 1.54) is 0 Å². The van der Waals surface area contributed by atoms with Gasteiger partial charge in [0, 0.05) is 29.6 Å².